The molecule has 0 saturated carbocycles. The van der Waals surface area contributed by atoms with Crippen LogP contribution in [0.5, 0.6) is 0 Å². The van der Waals surface area contributed by atoms with E-state index in [1.165, 1.54) is 0 Å². The molecule has 2 aliphatic heterocycles. The third-order valence-corrected chi connectivity index (χ3v) is 5.47. The second-order valence-corrected chi connectivity index (χ2v) is 6.86. The van der Waals surface area contributed by atoms with Crippen molar-refractivity contribution in [3.8, 4) is 0 Å². The van der Waals surface area contributed by atoms with E-state index < -0.39 is 10.0 Å². The Hall–Kier alpha value is -0.170. The van der Waals surface area contributed by atoms with Crippen LogP contribution >= 0.6 is 0 Å². The van der Waals surface area contributed by atoms with Gasteiger partial charge in [-0.05, 0) is 45.2 Å². The van der Waals surface area contributed by atoms with E-state index in [4.69, 9.17) is 4.74 Å². The van der Waals surface area contributed by atoms with Crippen molar-refractivity contribution >= 4 is 10.0 Å². The van der Waals surface area contributed by atoms with Gasteiger partial charge < -0.3 is 10.1 Å². The van der Waals surface area contributed by atoms with E-state index in [0.29, 0.717) is 6.54 Å². The van der Waals surface area contributed by atoms with Crippen LogP contribution in [0.15, 0.2) is 0 Å². The quantitative estimate of drug-likeness (QED) is 0.744. The van der Waals surface area contributed by atoms with Gasteiger partial charge in [-0.25, -0.2) is 13.1 Å². The molecule has 1 atom stereocenters. The Bertz CT molecular complexity index is 320. The molecular weight excluding hydrogens is 240 g/mol. The van der Waals surface area contributed by atoms with Crippen molar-refractivity contribution in [1.29, 1.82) is 0 Å². The van der Waals surface area contributed by atoms with Crippen LogP contribution in [0.2, 0.25) is 0 Å². The van der Waals surface area contributed by atoms with E-state index in [1.54, 1.807) is 0 Å². The molecule has 5 nitrogen and oxygen atoms in total. The highest BCUT2D eigenvalue weighted by Gasteiger charge is 2.27. The van der Waals surface area contributed by atoms with E-state index in [2.05, 4.69) is 10.0 Å². The molecule has 17 heavy (non-hydrogen) atoms. The highest BCUT2D eigenvalue weighted by molar-refractivity contribution is 7.90. The molecule has 2 aliphatic rings. The number of nitrogens with one attached hydrogen (secondary N) is 2. The van der Waals surface area contributed by atoms with Crippen molar-refractivity contribution in [3.05, 3.63) is 0 Å². The molecule has 0 amide bonds. The number of rotatable bonds is 5. The van der Waals surface area contributed by atoms with E-state index in [0.717, 1.165) is 51.8 Å². The van der Waals surface area contributed by atoms with Gasteiger partial charge in [-0.3, -0.25) is 0 Å². The van der Waals surface area contributed by atoms with Gasteiger partial charge >= 0.3 is 0 Å². The molecule has 2 rings (SSSR count). The summed E-state index contributed by atoms with van der Waals surface area (Å²) in [6, 6.07) is 0. The van der Waals surface area contributed by atoms with Crippen molar-refractivity contribution in [2.75, 3.05) is 26.2 Å². The van der Waals surface area contributed by atoms with Crippen LogP contribution in [-0.4, -0.2) is 46.0 Å². The van der Waals surface area contributed by atoms with Crippen molar-refractivity contribution in [1.82, 2.24) is 10.0 Å². The fraction of sp³-hybridized carbons (Fsp3) is 1.00. The van der Waals surface area contributed by atoms with Crippen molar-refractivity contribution < 1.29 is 13.2 Å². The molecule has 1 unspecified atom stereocenters. The topological polar surface area (TPSA) is 67.4 Å². The second-order valence-electron chi connectivity index (χ2n) is 4.81. The smallest absolute Gasteiger partial charge is 0.214 e. The molecular formula is C11H22N2O3S. The van der Waals surface area contributed by atoms with E-state index in [1.807, 2.05) is 0 Å². The zero-order valence-corrected chi connectivity index (χ0v) is 11.0. The molecule has 0 radical (unpaired) electrons. The lowest BCUT2D eigenvalue weighted by Crippen LogP contribution is -2.42. The van der Waals surface area contributed by atoms with Crippen LogP contribution in [-0.2, 0) is 14.8 Å². The molecule has 6 heteroatoms. The number of hydrogen-bond donors (Lipinski definition) is 2. The fourth-order valence-corrected chi connectivity index (χ4v) is 3.95. The summed E-state index contributed by atoms with van der Waals surface area (Å²) >= 11 is 0. The summed E-state index contributed by atoms with van der Waals surface area (Å²) in [7, 11) is -3.12. The number of ether oxygens (including phenoxy) is 1. The first-order chi connectivity index (χ1) is 8.18. The van der Waals surface area contributed by atoms with Crippen LogP contribution < -0.4 is 10.0 Å². The highest BCUT2D eigenvalue weighted by atomic mass is 32.2. The zero-order valence-electron chi connectivity index (χ0n) is 10.2. The summed E-state index contributed by atoms with van der Waals surface area (Å²) < 4.78 is 32.1. The zero-order chi connectivity index (χ0) is 12.1. The predicted molar refractivity (Wildman–Crippen MR) is 66.4 cm³/mol. The maximum absolute atomic E-state index is 12.0. The van der Waals surface area contributed by atoms with Gasteiger partial charge in [0.05, 0.1) is 11.4 Å². The molecule has 100 valence electrons. The first kappa shape index (κ1) is 13.3. The first-order valence-electron chi connectivity index (χ1n) is 6.49. The first-order valence-corrected chi connectivity index (χ1v) is 8.04. The van der Waals surface area contributed by atoms with Gasteiger partial charge in [-0.2, -0.15) is 0 Å². The largest absolute Gasteiger partial charge is 0.378 e. The summed E-state index contributed by atoms with van der Waals surface area (Å²) in [6.45, 7) is 2.94. The summed E-state index contributed by atoms with van der Waals surface area (Å²) in [6.07, 6.45) is 4.65. The molecule has 2 heterocycles. The van der Waals surface area contributed by atoms with E-state index in [9.17, 15) is 8.42 Å². The monoisotopic (exact) mass is 262 g/mol. The summed E-state index contributed by atoms with van der Waals surface area (Å²) in [5.41, 5.74) is 0. The molecule has 0 aliphatic carbocycles. The summed E-state index contributed by atoms with van der Waals surface area (Å²) in [4.78, 5) is 0. The molecule has 2 fully saturated rings. The van der Waals surface area contributed by atoms with Crippen molar-refractivity contribution in [2.45, 2.75) is 43.5 Å². The molecule has 2 N–H and O–H groups in total. The SMILES string of the molecule is O=S(=O)(NCCC1CCCO1)C1CCNCC1. The predicted octanol–water partition coefficient (Wildman–Crippen LogP) is 0.227. The van der Waals surface area contributed by atoms with Gasteiger partial charge in [-0.15, -0.1) is 0 Å². The Morgan fingerprint density at radius 2 is 2.00 bits per heavy atom. The van der Waals surface area contributed by atoms with Gasteiger partial charge in [0.2, 0.25) is 10.0 Å². The minimum absolute atomic E-state index is 0.215. The Morgan fingerprint density at radius 1 is 1.24 bits per heavy atom. The Morgan fingerprint density at radius 3 is 2.65 bits per heavy atom. The lowest BCUT2D eigenvalue weighted by atomic mass is 10.2. The third-order valence-electron chi connectivity index (χ3n) is 3.52. The van der Waals surface area contributed by atoms with Crippen LogP contribution in [0.3, 0.4) is 0 Å². The van der Waals surface area contributed by atoms with Crippen LogP contribution in [0.1, 0.15) is 32.1 Å². The van der Waals surface area contributed by atoms with Crippen LogP contribution in [0, 0.1) is 0 Å². The fourth-order valence-electron chi connectivity index (χ4n) is 2.46. The average molecular weight is 262 g/mol. The number of piperidine rings is 1. The highest BCUT2D eigenvalue weighted by Crippen LogP contribution is 2.16. The van der Waals surface area contributed by atoms with Crippen molar-refractivity contribution in [3.63, 3.8) is 0 Å². The van der Waals surface area contributed by atoms with E-state index >= 15 is 0 Å². The van der Waals surface area contributed by atoms with Gasteiger partial charge in [-0.1, -0.05) is 0 Å². The van der Waals surface area contributed by atoms with Gasteiger partial charge in [0, 0.05) is 13.2 Å². The van der Waals surface area contributed by atoms with Gasteiger partial charge in [0.1, 0.15) is 0 Å². The molecule has 0 aromatic heterocycles. The lowest BCUT2D eigenvalue weighted by molar-refractivity contribution is 0.105. The Balaban J connectivity index is 1.72. The Kier molecular flexibility index (Phi) is 4.78. The second kappa shape index (κ2) is 6.13. The molecule has 2 saturated heterocycles. The molecule has 0 aromatic rings. The molecule has 0 spiro atoms. The minimum Gasteiger partial charge on any atom is -0.378 e. The molecule has 0 bridgehead atoms. The average Bonchev–Trinajstić information content (AvgIpc) is 2.83. The maximum Gasteiger partial charge on any atom is 0.214 e. The van der Waals surface area contributed by atoms with E-state index in [-0.39, 0.29) is 11.4 Å². The lowest BCUT2D eigenvalue weighted by Gasteiger charge is -2.23. The normalized spacial score (nSPS) is 27.4. The summed E-state index contributed by atoms with van der Waals surface area (Å²) in [5, 5.41) is 2.96. The van der Waals surface area contributed by atoms with Gasteiger partial charge in [0.15, 0.2) is 0 Å². The molecule has 0 aromatic carbocycles. The number of sulfonamides is 1. The van der Waals surface area contributed by atoms with Crippen LogP contribution in [0.25, 0.3) is 0 Å². The van der Waals surface area contributed by atoms with Crippen LogP contribution in [0.4, 0.5) is 0 Å². The Labute approximate surface area is 103 Å². The standard InChI is InChI=1S/C11H22N2O3S/c14-17(15,11-4-6-12-7-5-11)13-8-3-10-2-1-9-16-10/h10-13H,1-9H2. The minimum atomic E-state index is -3.12. The summed E-state index contributed by atoms with van der Waals surface area (Å²) in [5.74, 6) is 0. The van der Waals surface area contributed by atoms with Gasteiger partial charge in [0.25, 0.3) is 0 Å². The third kappa shape index (κ3) is 3.91. The van der Waals surface area contributed by atoms with Crippen molar-refractivity contribution in [2.24, 2.45) is 0 Å². The maximum atomic E-state index is 12.0. The number of hydrogen-bond acceptors (Lipinski definition) is 4.